The molecule has 4 aromatic rings. The van der Waals surface area contributed by atoms with Crippen LogP contribution in [-0.4, -0.2) is 43.1 Å². The molecule has 1 amide bonds. The van der Waals surface area contributed by atoms with Crippen molar-refractivity contribution in [1.29, 1.82) is 0 Å². The second-order valence-electron chi connectivity index (χ2n) is 8.72. The highest BCUT2D eigenvalue weighted by molar-refractivity contribution is 5.95. The molecule has 0 atom stereocenters. The number of rotatable bonds is 9. The summed E-state index contributed by atoms with van der Waals surface area (Å²) < 4.78 is 41.4. The van der Waals surface area contributed by atoms with Gasteiger partial charge in [-0.25, -0.2) is 15.0 Å². The number of nitrogens with one attached hydrogen (secondary N) is 2. The van der Waals surface area contributed by atoms with Gasteiger partial charge in [-0.2, -0.15) is 13.2 Å². The summed E-state index contributed by atoms with van der Waals surface area (Å²) >= 11 is 0. The highest BCUT2D eigenvalue weighted by Gasteiger charge is 2.31. The zero-order chi connectivity index (χ0) is 28.7. The number of anilines is 2. The topological polar surface area (TPSA) is 97.6 Å². The Labute approximate surface area is 229 Å². The zero-order valence-electron chi connectivity index (χ0n) is 21.8. The molecule has 1 aromatic carbocycles. The molecule has 4 rings (SSSR count). The lowest BCUT2D eigenvalue weighted by Crippen LogP contribution is -2.24. The third-order valence-corrected chi connectivity index (χ3v) is 5.79. The normalized spacial score (nSPS) is 12.2. The fourth-order valence-electron chi connectivity index (χ4n) is 3.68. The molecule has 0 saturated heterocycles. The van der Waals surface area contributed by atoms with E-state index < -0.39 is 17.7 Å². The van der Waals surface area contributed by atoms with E-state index in [4.69, 9.17) is 0 Å². The van der Waals surface area contributed by atoms with Gasteiger partial charge >= 0.3 is 6.18 Å². The second kappa shape index (κ2) is 12.2. The summed E-state index contributed by atoms with van der Waals surface area (Å²) in [5.74, 6) is -0.0612. The van der Waals surface area contributed by atoms with Crippen molar-refractivity contribution < 1.29 is 18.0 Å². The van der Waals surface area contributed by atoms with Gasteiger partial charge in [0.2, 0.25) is 5.95 Å². The number of aromatic nitrogens is 5. The minimum atomic E-state index is -4.58. The van der Waals surface area contributed by atoms with E-state index in [2.05, 4.69) is 37.1 Å². The Hall–Kier alpha value is -5.06. The van der Waals surface area contributed by atoms with Crippen molar-refractivity contribution in [2.45, 2.75) is 20.0 Å². The number of benzene rings is 1. The lowest BCUT2D eigenvalue weighted by molar-refractivity contribution is -0.0881. The van der Waals surface area contributed by atoms with Gasteiger partial charge in [-0.1, -0.05) is 18.7 Å². The standard InChI is InChI=1S/C29H26F3N7O/c1-4-23(29(30,31)32)15-24(39-17-20(3)36-18-39)9-12-34-27(40)21-8-7-19(2)26(14-21)38-28-35-13-10-25(37-28)22-6-5-11-33-16-22/h4-11,13-18H,1,12H2,2-3H3,(H,34,40)(H,35,37,38)/b23-15+,24-9+. The SMILES string of the molecule is C=C/C(=C\C(=C/CNC(=O)c1ccc(C)c(Nc2nccc(-c3cccnc3)n2)c1)n1cnc(C)c1)C(F)(F)F. The number of halogens is 3. The quantitative estimate of drug-likeness (QED) is 0.249. The molecule has 40 heavy (non-hydrogen) atoms. The van der Waals surface area contributed by atoms with Gasteiger partial charge in [0.15, 0.2) is 0 Å². The third-order valence-electron chi connectivity index (χ3n) is 5.79. The van der Waals surface area contributed by atoms with Crippen molar-refractivity contribution >= 4 is 23.2 Å². The molecule has 3 heterocycles. The van der Waals surface area contributed by atoms with Crippen LogP contribution in [0, 0.1) is 13.8 Å². The first kappa shape index (κ1) is 28.0. The molecule has 0 aliphatic rings. The van der Waals surface area contributed by atoms with Crippen LogP contribution in [0.15, 0.2) is 97.9 Å². The monoisotopic (exact) mass is 545 g/mol. The van der Waals surface area contributed by atoms with E-state index in [9.17, 15) is 18.0 Å². The molecule has 2 N–H and O–H groups in total. The van der Waals surface area contributed by atoms with Crippen molar-refractivity contribution in [1.82, 2.24) is 29.8 Å². The number of hydrogen-bond donors (Lipinski definition) is 2. The Bertz CT molecular complexity index is 1570. The van der Waals surface area contributed by atoms with E-state index in [1.165, 1.54) is 17.0 Å². The van der Waals surface area contributed by atoms with Crippen molar-refractivity contribution in [2.75, 3.05) is 11.9 Å². The minimum Gasteiger partial charge on any atom is -0.348 e. The molecule has 3 aromatic heterocycles. The molecule has 0 fully saturated rings. The fraction of sp³-hybridized carbons (Fsp3) is 0.138. The van der Waals surface area contributed by atoms with Gasteiger partial charge in [0, 0.05) is 53.8 Å². The van der Waals surface area contributed by atoms with E-state index in [0.717, 1.165) is 23.3 Å². The van der Waals surface area contributed by atoms with Crippen molar-refractivity contribution in [3.8, 4) is 11.3 Å². The summed E-state index contributed by atoms with van der Waals surface area (Å²) in [6.45, 7) is 6.83. The second-order valence-corrected chi connectivity index (χ2v) is 8.72. The Morgan fingerprint density at radius 2 is 1.95 bits per heavy atom. The van der Waals surface area contributed by atoms with Gasteiger partial charge in [0.1, 0.15) is 0 Å². The molecular formula is C29H26F3N7O. The number of nitrogens with zero attached hydrogens (tertiary/aromatic N) is 5. The zero-order valence-corrected chi connectivity index (χ0v) is 21.8. The van der Waals surface area contributed by atoms with E-state index in [0.29, 0.717) is 28.6 Å². The number of carbonyl (C=O) groups excluding carboxylic acids is 1. The average Bonchev–Trinajstić information content (AvgIpc) is 3.37. The Kier molecular flexibility index (Phi) is 8.53. The van der Waals surface area contributed by atoms with E-state index >= 15 is 0 Å². The Balaban J connectivity index is 1.51. The van der Waals surface area contributed by atoms with Gasteiger partial charge in [-0.3, -0.25) is 9.78 Å². The molecule has 0 radical (unpaired) electrons. The largest absolute Gasteiger partial charge is 0.416 e. The van der Waals surface area contributed by atoms with Crippen LogP contribution in [0.2, 0.25) is 0 Å². The third kappa shape index (κ3) is 7.07. The molecular weight excluding hydrogens is 519 g/mol. The summed E-state index contributed by atoms with van der Waals surface area (Å²) in [5, 5.41) is 5.88. The number of alkyl halides is 3. The number of amides is 1. The fourth-order valence-corrected chi connectivity index (χ4v) is 3.68. The Morgan fingerprint density at radius 1 is 1.12 bits per heavy atom. The van der Waals surface area contributed by atoms with Crippen molar-refractivity contribution in [3.63, 3.8) is 0 Å². The van der Waals surface area contributed by atoms with Crippen LogP contribution in [0.1, 0.15) is 21.6 Å². The molecule has 0 aliphatic carbocycles. The van der Waals surface area contributed by atoms with E-state index in [-0.39, 0.29) is 12.2 Å². The summed E-state index contributed by atoms with van der Waals surface area (Å²) in [6, 6.07) is 10.6. The number of hydrogen-bond acceptors (Lipinski definition) is 6. The van der Waals surface area contributed by atoms with Gasteiger partial charge in [0.25, 0.3) is 5.91 Å². The molecule has 0 bridgehead atoms. The number of imidazole rings is 1. The van der Waals surface area contributed by atoms with Crippen LogP contribution in [0.5, 0.6) is 0 Å². The molecule has 0 saturated carbocycles. The van der Waals surface area contributed by atoms with Crippen molar-refractivity contribution in [3.05, 3.63) is 115 Å². The molecule has 11 heteroatoms. The summed E-state index contributed by atoms with van der Waals surface area (Å²) in [4.78, 5) is 29.9. The van der Waals surface area contributed by atoms with Crippen LogP contribution in [0.4, 0.5) is 24.8 Å². The number of allylic oxidation sites excluding steroid dienone is 4. The van der Waals surface area contributed by atoms with Crippen LogP contribution in [-0.2, 0) is 0 Å². The average molecular weight is 546 g/mol. The van der Waals surface area contributed by atoms with Gasteiger partial charge < -0.3 is 15.2 Å². The first-order valence-electron chi connectivity index (χ1n) is 12.2. The molecule has 0 unspecified atom stereocenters. The Morgan fingerprint density at radius 3 is 2.62 bits per heavy atom. The van der Waals surface area contributed by atoms with E-state index in [1.807, 2.05) is 19.1 Å². The predicted molar refractivity (Wildman–Crippen MR) is 148 cm³/mol. The van der Waals surface area contributed by atoms with Gasteiger partial charge in [-0.05, 0) is 61.9 Å². The summed E-state index contributed by atoms with van der Waals surface area (Å²) in [6.07, 6.45) is 6.58. The molecule has 204 valence electrons. The maximum absolute atomic E-state index is 13.3. The predicted octanol–water partition coefficient (Wildman–Crippen LogP) is 6.04. The lowest BCUT2D eigenvalue weighted by Gasteiger charge is -2.12. The van der Waals surface area contributed by atoms with Crippen LogP contribution >= 0.6 is 0 Å². The highest BCUT2D eigenvalue weighted by atomic mass is 19.4. The number of pyridine rings is 1. The number of carbonyl (C=O) groups is 1. The minimum absolute atomic E-state index is 0.0307. The van der Waals surface area contributed by atoms with Gasteiger partial charge in [0.05, 0.1) is 23.3 Å². The van der Waals surface area contributed by atoms with Crippen LogP contribution in [0.3, 0.4) is 0 Å². The number of aryl methyl sites for hydroxylation is 2. The molecule has 0 aliphatic heterocycles. The lowest BCUT2D eigenvalue weighted by atomic mass is 10.1. The van der Waals surface area contributed by atoms with Gasteiger partial charge in [-0.15, -0.1) is 0 Å². The smallest absolute Gasteiger partial charge is 0.348 e. The molecule has 8 nitrogen and oxygen atoms in total. The maximum atomic E-state index is 13.3. The van der Waals surface area contributed by atoms with Crippen LogP contribution < -0.4 is 10.6 Å². The highest BCUT2D eigenvalue weighted by Crippen LogP contribution is 2.28. The van der Waals surface area contributed by atoms with Crippen LogP contribution in [0.25, 0.3) is 17.0 Å². The van der Waals surface area contributed by atoms with Crippen molar-refractivity contribution in [2.24, 2.45) is 0 Å². The first-order valence-corrected chi connectivity index (χ1v) is 12.2. The molecule has 0 spiro atoms. The first-order chi connectivity index (χ1) is 19.1. The summed E-state index contributed by atoms with van der Waals surface area (Å²) in [7, 11) is 0. The van der Waals surface area contributed by atoms with E-state index in [1.54, 1.807) is 56.0 Å². The maximum Gasteiger partial charge on any atom is 0.416 e. The summed E-state index contributed by atoms with van der Waals surface area (Å²) in [5.41, 5.74) is 3.26.